The molecule has 1 aliphatic rings. The molecule has 1 aliphatic heterocycles. The average molecular weight is 286 g/mol. The van der Waals surface area contributed by atoms with Crippen LogP contribution < -0.4 is 5.32 Å². The molecule has 1 aromatic rings. The number of carbonyl (C=O) groups excluding carboxylic acids is 1. The summed E-state index contributed by atoms with van der Waals surface area (Å²) in [5, 5.41) is 3.22. The number of piperidine rings is 1. The molecule has 0 atom stereocenters. The van der Waals surface area contributed by atoms with Gasteiger partial charge in [0.25, 0.3) is 0 Å². The molecule has 114 valence electrons. The fraction of sp³-hybridized carbons (Fsp3) is 0.500. The van der Waals surface area contributed by atoms with Crippen molar-refractivity contribution in [3.63, 3.8) is 0 Å². The summed E-state index contributed by atoms with van der Waals surface area (Å²) in [6.07, 6.45) is 5.86. The van der Waals surface area contributed by atoms with E-state index in [9.17, 15) is 4.79 Å². The molecule has 1 fully saturated rings. The van der Waals surface area contributed by atoms with Gasteiger partial charge in [0, 0.05) is 19.2 Å². The van der Waals surface area contributed by atoms with Crippen LogP contribution in [-0.2, 0) is 4.79 Å². The highest BCUT2D eigenvalue weighted by Crippen LogP contribution is 2.17. The molecule has 0 spiro atoms. The Kier molecular flexibility index (Phi) is 5.57. The molecule has 2 rings (SSSR count). The zero-order chi connectivity index (χ0) is 15.2. The first kappa shape index (κ1) is 15.8. The van der Waals surface area contributed by atoms with E-state index in [1.54, 1.807) is 6.08 Å². The quantitative estimate of drug-likeness (QED) is 0.863. The molecule has 1 amide bonds. The van der Waals surface area contributed by atoms with Gasteiger partial charge in [0.05, 0.1) is 0 Å². The third kappa shape index (κ3) is 4.43. The molecular formula is C18H26N2O. The van der Waals surface area contributed by atoms with E-state index in [0.717, 1.165) is 38.0 Å². The Morgan fingerprint density at radius 3 is 2.67 bits per heavy atom. The zero-order valence-electron chi connectivity index (χ0n) is 13.4. The first-order valence-electron chi connectivity index (χ1n) is 7.79. The highest BCUT2D eigenvalue weighted by Gasteiger charge is 2.20. The van der Waals surface area contributed by atoms with Gasteiger partial charge in [0.2, 0.25) is 5.91 Å². The maximum atomic E-state index is 12.2. The highest BCUT2D eigenvalue weighted by atomic mass is 16.2. The van der Waals surface area contributed by atoms with Crippen LogP contribution in [0.1, 0.15) is 29.5 Å². The van der Waals surface area contributed by atoms with Crippen LogP contribution in [0, 0.1) is 19.8 Å². The number of hydrogen-bond acceptors (Lipinski definition) is 2. The second-order valence-electron chi connectivity index (χ2n) is 6.02. The molecule has 21 heavy (non-hydrogen) atoms. The SMILES string of the molecule is CNCC1CCN(C(=O)/C=C/c2ccc(C)cc2C)CC1. The maximum absolute atomic E-state index is 12.2. The van der Waals surface area contributed by atoms with E-state index in [4.69, 9.17) is 0 Å². The van der Waals surface area contributed by atoms with E-state index in [0.29, 0.717) is 5.92 Å². The van der Waals surface area contributed by atoms with E-state index >= 15 is 0 Å². The van der Waals surface area contributed by atoms with Crippen molar-refractivity contribution >= 4 is 12.0 Å². The second-order valence-corrected chi connectivity index (χ2v) is 6.02. The van der Waals surface area contributed by atoms with Crippen molar-refractivity contribution in [2.24, 2.45) is 5.92 Å². The summed E-state index contributed by atoms with van der Waals surface area (Å²) in [6, 6.07) is 6.31. The first-order valence-corrected chi connectivity index (χ1v) is 7.79. The smallest absolute Gasteiger partial charge is 0.246 e. The Hall–Kier alpha value is -1.61. The molecule has 0 unspecified atom stereocenters. The lowest BCUT2D eigenvalue weighted by Gasteiger charge is -2.31. The van der Waals surface area contributed by atoms with E-state index in [1.807, 2.05) is 18.0 Å². The van der Waals surface area contributed by atoms with Crippen LogP contribution in [-0.4, -0.2) is 37.5 Å². The van der Waals surface area contributed by atoms with Crippen molar-refractivity contribution in [1.82, 2.24) is 10.2 Å². The summed E-state index contributed by atoms with van der Waals surface area (Å²) in [7, 11) is 1.99. The molecule has 0 bridgehead atoms. The molecule has 0 aromatic heterocycles. The van der Waals surface area contributed by atoms with Gasteiger partial charge in [0.1, 0.15) is 0 Å². The number of hydrogen-bond donors (Lipinski definition) is 1. The minimum Gasteiger partial charge on any atom is -0.339 e. The van der Waals surface area contributed by atoms with Gasteiger partial charge in [-0.3, -0.25) is 4.79 Å². The van der Waals surface area contributed by atoms with Crippen LogP contribution in [0.3, 0.4) is 0 Å². The second kappa shape index (κ2) is 7.41. The number of nitrogens with zero attached hydrogens (tertiary/aromatic N) is 1. The summed E-state index contributed by atoms with van der Waals surface area (Å²) < 4.78 is 0. The Balaban J connectivity index is 1.91. The largest absolute Gasteiger partial charge is 0.339 e. The van der Waals surface area contributed by atoms with Crippen molar-refractivity contribution in [2.75, 3.05) is 26.7 Å². The van der Waals surface area contributed by atoms with Gasteiger partial charge in [0.15, 0.2) is 0 Å². The van der Waals surface area contributed by atoms with Gasteiger partial charge >= 0.3 is 0 Å². The molecule has 0 radical (unpaired) electrons. The monoisotopic (exact) mass is 286 g/mol. The summed E-state index contributed by atoms with van der Waals surface area (Å²) >= 11 is 0. The molecular weight excluding hydrogens is 260 g/mol. The Morgan fingerprint density at radius 1 is 1.33 bits per heavy atom. The number of likely N-dealkylation sites (tertiary alicyclic amines) is 1. The minimum absolute atomic E-state index is 0.137. The predicted octanol–water partition coefficient (Wildman–Crippen LogP) is 2.77. The standard InChI is InChI=1S/C18H26N2O/c1-14-4-5-17(15(2)12-14)6-7-18(21)20-10-8-16(9-11-20)13-19-3/h4-7,12,16,19H,8-11,13H2,1-3H3/b7-6+. The Labute approximate surface area is 128 Å². The summed E-state index contributed by atoms with van der Waals surface area (Å²) in [5.74, 6) is 0.847. The van der Waals surface area contributed by atoms with Crippen molar-refractivity contribution < 1.29 is 4.79 Å². The van der Waals surface area contributed by atoms with Gasteiger partial charge in [-0.25, -0.2) is 0 Å². The van der Waals surface area contributed by atoms with Crippen molar-refractivity contribution in [3.05, 3.63) is 41.0 Å². The molecule has 3 nitrogen and oxygen atoms in total. The fourth-order valence-electron chi connectivity index (χ4n) is 2.93. The van der Waals surface area contributed by atoms with Crippen LogP contribution in [0.2, 0.25) is 0 Å². The fourth-order valence-corrected chi connectivity index (χ4v) is 2.93. The summed E-state index contributed by atoms with van der Waals surface area (Å²) in [5.41, 5.74) is 3.59. The zero-order valence-corrected chi connectivity index (χ0v) is 13.4. The van der Waals surface area contributed by atoms with E-state index < -0.39 is 0 Å². The maximum Gasteiger partial charge on any atom is 0.246 e. The van der Waals surface area contributed by atoms with Crippen LogP contribution in [0.4, 0.5) is 0 Å². The Bertz CT molecular complexity index is 514. The lowest BCUT2D eigenvalue weighted by molar-refractivity contribution is -0.127. The van der Waals surface area contributed by atoms with Gasteiger partial charge in [-0.15, -0.1) is 0 Å². The van der Waals surface area contributed by atoms with Crippen molar-refractivity contribution in [2.45, 2.75) is 26.7 Å². The van der Waals surface area contributed by atoms with E-state index in [2.05, 4.69) is 37.4 Å². The third-order valence-corrected chi connectivity index (χ3v) is 4.25. The molecule has 0 saturated carbocycles. The average Bonchev–Trinajstić information content (AvgIpc) is 2.47. The van der Waals surface area contributed by atoms with Gasteiger partial charge in [-0.2, -0.15) is 0 Å². The van der Waals surface area contributed by atoms with Crippen LogP contribution >= 0.6 is 0 Å². The molecule has 1 aromatic carbocycles. The first-order chi connectivity index (χ1) is 10.1. The summed E-state index contributed by atoms with van der Waals surface area (Å²) in [6.45, 7) is 6.98. The van der Waals surface area contributed by atoms with Crippen molar-refractivity contribution in [1.29, 1.82) is 0 Å². The minimum atomic E-state index is 0.137. The highest BCUT2D eigenvalue weighted by molar-refractivity contribution is 5.92. The molecule has 1 N–H and O–H groups in total. The Morgan fingerprint density at radius 2 is 2.05 bits per heavy atom. The molecule has 1 heterocycles. The predicted molar refractivity (Wildman–Crippen MR) is 88.2 cm³/mol. The van der Waals surface area contributed by atoms with E-state index in [1.165, 1.54) is 11.1 Å². The van der Waals surface area contributed by atoms with Crippen LogP contribution in [0.25, 0.3) is 6.08 Å². The number of benzene rings is 1. The summed E-state index contributed by atoms with van der Waals surface area (Å²) in [4.78, 5) is 14.2. The van der Waals surface area contributed by atoms with Crippen LogP contribution in [0.5, 0.6) is 0 Å². The molecule has 3 heteroatoms. The topological polar surface area (TPSA) is 32.3 Å². The van der Waals surface area contributed by atoms with Crippen molar-refractivity contribution in [3.8, 4) is 0 Å². The van der Waals surface area contributed by atoms with Gasteiger partial charge < -0.3 is 10.2 Å². The lowest BCUT2D eigenvalue weighted by Crippen LogP contribution is -2.39. The number of amides is 1. The number of aryl methyl sites for hydroxylation is 2. The molecule has 0 aliphatic carbocycles. The van der Waals surface area contributed by atoms with Gasteiger partial charge in [-0.05, 0) is 63.4 Å². The molecule has 1 saturated heterocycles. The normalized spacial score (nSPS) is 16.6. The number of carbonyl (C=O) groups is 1. The van der Waals surface area contributed by atoms with Crippen LogP contribution in [0.15, 0.2) is 24.3 Å². The van der Waals surface area contributed by atoms with Gasteiger partial charge in [-0.1, -0.05) is 23.8 Å². The third-order valence-electron chi connectivity index (χ3n) is 4.25. The number of nitrogens with one attached hydrogen (secondary N) is 1. The lowest BCUT2D eigenvalue weighted by atomic mass is 9.97. The van der Waals surface area contributed by atoms with E-state index in [-0.39, 0.29) is 5.91 Å². The number of rotatable bonds is 4.